The molecule has 4 unspecified atom stereocenters. The van der Waals surface area contributed by atoms with E-state index in [-0.39, 0.29) is 24.4 Å². The van der Waals surface area contributed by atoms with Gasteiger partial charge in [-0.25, -0.2) is 9.97 Å². The smallest absolute Gasteiger partial charge is 0.345 e. The van der Waals surface area contributed by atoms with Gasteiger partial charge in [-0.1, -0.05) is 0 Å². The Labute approximate surface area is 242 Å². The first-order chi connectivity index (χ1) is 18.7. The number of nitrogens with zero attached hydrogens (tertiary/aromatic N) is 3. The monoisotopic (exact) mass is 640 g/mol. The van der Waals surface area contributed by atoms with Gasteiger partial charge in [-0.15, -0.1) is 23.2 Å². The molecule has 21 heteroatoms. The summed E-state index contributed by atoms with van der Waals surface area (Å²) in [6.45, 7) is 1.72. The molecule has 1 aliphatic rings. The van der Waals surface area contributed by atoms with Crippen LogP contribution in [0.3, 0.4) is 0 Å². The van der Waals surface area contributed by atoms with Gasteiger partial charge in [0, 0.05) is 44.4 Å². The first kappa shape index (κ1) is 40.2. The van der Waals surface area contributed by atoms with Crippen LogP contribution in [0.1, 0.15) is 32.1 Å². The van der Waals surface area contributed by atoms with Gasteiger partial charge in [-0.3, -0.25) is 29.4 Å². The second-order valence-corrected chi connectivity index (χ2v) is 10.8. The number of carboxylic acids is 2. The van der Waals surface area contributed by atoms with E-state index in [2.05, 4.69) is 20.0 Å². The molecule has 16 N–H and O–H groups in total. The number of hydrogen-bond donors (Lipinski definition) is 10. The van der Waals surface area contributed by atoms with Crippen LogP contribution in [0, 0.1) is 0 Å². The van der Waals surface area contributed by atoms with Gasteiger partial charge in [0.15, 0.2) is 18.1 Å². The van der Waals surface area contributed by atoms with Crippen molar-refractivity contribution in [2.75, 3.05) is 44.5 Å². The SMILES string of the molecule is NC(N)=NCCCC(N)C(=O)O.NC(N)=NCCCC(N)C(=O)O.O=P1(NCCCl)OCCC(OO)N1CCCl. The molecule has 0 saturated carbocycles. The minimum atomic E-state index is -3.20. The molecule has 0 spiro atoms. The lowest BCUT2D eigenvalue weighted by Gasteiger charge is -2.38. The van der Waals surface area contributed by atoms with Crippen LogP contribution in [-0.2, 0) is 23.6 Å². The van der Waals surface area contributed by atoms with Crippen LogP contribution in [0.4, 0.5) is 0 Å². The van der Waals surface area contributed by atoms with Crippen LogP contribution in [0.5, 0.6) is 0 Å². The van der Waals surface area contributed by atoms with E-state index in [0.29, 0.717) is 64.2 Å². The Balaban J connectivity index is 0. The third-order valence-electron chi connectivity index (χ3n) is 4.71. The topological polar surface area (TPSA) is 326 Å². The summed E-state index contributed by atoms with van der Waals surface area (Å²) in [5.74, 6) is -1.40. The molecule has 236 valence electrons. The average Bonchev–Trinajstić information content (AvgIpc) is 2.89. The molecule has 0 aromatic rings. The van der Waals surface area contributed by atoms with E-state index in [9.17, 15) is 14.2 Å². The molecule has 1 fully saturated rings. The molecule has 0 aromatic carbocycles. The highest BCUT2D eigenvalue weighted by Crippen LogP contribution is 2.51. The van der Waals surface area contributed by atoms with Crippen LogP contribution < -0.4 is 39.5 Å². The van der Waals surface area contributed by atoms with Crippen molar-refractivity contribution < 1.29 is 39.0 Å². The fraction of sp³-hybridized carbons (Fsp3) is 0.789. The Morgan fingerprint density at radius 1 is 1.00 bits per heavy atom. The average molecular weight is 641 g/mol. The van der Waals surface area contributed by atoms with Crippen LogP contribution >= 0.6 is 30.9 Å². The fourth-order valence-corrected chi connectivity index (χ4v) is 5.30. The number of nitrogens with two attached hydrogens (primary N) is 6. The molecule has 4 atom stereocenters. The molecule has 1 saturated heterocycles. The first-order valence-electron chi connectivity index (χ1n) is 12.0. The Morgan fingerprint density at radius 3 is 1.82 bits per heavy atom. The number of halogens is 2. The van der Waals surface area contributed by atoms with E-state index in [1.807, 2.05) is 0 Å². The van der Waals surface area contributed by atoms with E-state index >= 15 is 0 Å². The summed E-state index contributed by atoms with van der Waals surface area (Å²) < 4.78 is 19.0. The van der Waals surface area contributed by atoms with Crippen molar-refractivity contribution in [2.24, 2.45) is 44.4 Å². The Kier molecular flexibility index (Phi) is 23.8. The first-order valence-corrected chi connectivity index (χ1v) is 14.7. The molecule has 1 rings (SSSR count). The number of alkyl halides is 2. The van der Waals surface area contributed by atoms with Crippen molar-refractivity contribution in [3.8, 4) is 0 Å². The lowest BCUT2D eigenvalue weighted by Crippen LogP contribution is -2.44. The molecule has 1 heterocycles. The lowest BCUT2D eigenvalue weighted by atomic mass is 10.2. The van der Waals surface area contributed by atoms with Gasteiger partial charge in [-0.05, 0) is 25.7 Å². The van der Waals surface area contributed by atoms with Gasteiger partial charge in [0.05, 0.1) is 6.61 Å². The minimum absolute atomic E-state index is 0.0129. The number of guanidine groups is 2. The third kappa shape index (κ3) is 20.0. The quantitative estimate of drug-likeness (QED) is 0.0176. The predicted molar refractivity (Wildman–Crippen MR) is 153 cm³/mol. The summed E-state index contributed by atoms with van der Waals surface area (Å²) in [6.07, 6.45) is 1.68. The largest absolute Gasteiger partial charge is 0.480 e. The summed E-state index contributed by atoms with van der Waals surface area (Å²) >= 11 is 11.1. The van der Waals surface area contributed by atoms with Gasteiger partial charge in [0.2, 0.25) is 0 Å². The number of rotatable bonds is 16. The molecule has 1 aliphatic heterocycles. The van der Waals surface area contributed by atoms with Crippen molar-refractivity contribution in [2.45, 2.75) is 50.4 Å². The van der Waals surface area contributed by atoms with Gasteiger partial charge < -0.3 is 49.1 Å². The van der Waals surface area contributed by atoms with Crippen LogP contribution in [-0.4, -0.2) is 107 Å². The molecule has 18 nitrogen and oxygen atoms in total. The highest BCUT2D eigenvalue weighted by molar-refractivity contribution is 7.54. The Morgan fingerprint density at radius 2 is 1.48 bits per heavy atom. The highest BCUT2D eigenvalue weighted by Gasteiger charge is 2.41. The van der Waals surface area contributed by atoms with Crippen LogP contribution in [0.15, 0.2) is 9.98 Å². The number of nitrogens with one attached hydrogen (secondary N) is 1. The second-order valence-electron chi connectivity index (χ2n) is 7.94. The second kappa shape index (κ2) is 23.7. The maximum absolute atomic E-state index is 12.4. The standard InChI is InChI=1S/C7H15Cl2N2O4P.2C6H14N4O2/c8-2-4-10-16(13)11(5-3-9)7(15-12)1-6-14-16;2*7-4(5(11)12)2-1-3-10-6(8)9/h7,12H,1-6H2,(H,10,13);2*4H,1-3,7H2,(H,11,12)(H4,8,9,10). The number of aliphatic carboxylic acids is 2. The van der Waals surface area contributed by atoms with Crippen molar-refractivity contribution in [1.82, 2.24) is 9.76 Å². The van der Waals surface area contributed by atoms with Gasteiger partial charge in [0.25, 0.3) is 0 Å². The van der Waals surface area contributed by atoms with Crippen molar-refractivity contribution in [3.05, 3.63) is 0 Å². The lowest BCUT2D eigenvalue weighted by molar-refractivity contribution is -0.308. The number of carbonyl (C=O) groups is 2. The molecular formula is C19H43Cl2N10O8P. The van der Waals surface area contributed by atoms with E-state index in [4.69, 9.17) is 77.6 Å². The third-order valence-corrected chi connectivity index (χ3v) is 7.36. The molecule has 0 aromatic heterocycles. The van der Waals surface area contributed by atoms with Gasteiger partial charge in [0.1, 0.15) is 12.1 Å². The van der Waals surface area contributed by atoms with Crippen molar-refractivity contribution >= 4 is 54.7 Å². The number of hydrogen-bond acceptors (Lipinski definition) is 10. The zero-order chi connectivity index (χ0) is 31.1. The Bertz CT molecular complexity index is 782. The number of aliphatic imine (C=N–C) groups is 2. The van der Waals surface area contributed by atoms with Crippen molar-refractivity contribution in [1.29, 1.82) is 0 Å². The van der Waals surface area contributed by atoms with E-state index in [0.717, 1.165) is 0 Å². The maximum Gasteiger partial charge on any atom is 0.345 e. The Hall–Kier alpha value is -1.99. The minimum Gasteiger partial charge on any atom is -0.480 e. The number of carboxylic acid groups (broad SMARTS) is 2. The zero-order valence-corrected chi connectivity index (χ0v) is 24.5. The molecule has 0 aliphatic carbocycles. The molecule has 0 amide bonds. The van der Waals surface area contributed by atoms with E-state index < -0.39 is 37.9 Å². The van der Waals surface area contributed by atoms with Crippen LogP contribution in [0.25, 0.3) is 0 Å². The predicted octanol–water partition coefficient (Wildman–Crippen LogP) is -1.40. The molecule has 0 bridgehead atoms. The van der Waals surface area contributed by atoms with Gasteiger partial charge >= 0.3 is 19.6 Å². The van der Waals surface area contributed by atoms with E-state index in [1.165, 1.54) is 4.67 Å². The van der Waals surface area contributed by atoms with E-state index in [1.54, 1.807) is 0 Å². The highest BCUT2D eigenvalue weighted by atomic mass is 35.5. The normalized spacial score (nSPS) is 20.0. The summed E-state index contributed by atoms with van der Waals surface area (Å²) in [5, 5.41) is 28.2. The zero-order valence-electron chi connectivity index (χ0n) is 22.1. The van der Waals surface area contributed by atoms with Crippen molar-refractivity contribution in [3.63, 3.8) is 0 Å². The summed E-state index contributed by atoms with van der Waals surface area (Å²) in [5.41, 5.74) is 30.6. The molecule has 40 heavy (non-hydrogen) atoms. The summed E-state index contributed by atoms with van der Waals surface area (Å²) in [7, 11) is -3.20. The van der Waals surface area contributed by atoms with Crippen LogP contribution in [0.2, 0.25) is 0 Å². The van der Waals surface area contributed by atoms with Gasteiger partial charge in [-0.2, -0.15) is 4.67 Å². The summed E-state index contributed by atoms with van der Waals surface area (Å²) in [4.78, 5) is 32.1. The fourth-order valence-electron chi connectivity index (χ4n) is 2.75. The maximum atomic E-state index is 12.4. The molecular weight excluding hydrogens is 598 g/mol. The molecule has 0 radical (unpaired) electrons. The summed E-state index contributed by atoms with van der Waals surface area (Å²) in [6, 6.07) is -1.64.